The highest BCUT2D eigenvalue weighted by molar-refractivity contribution is 7.23. The second kappa shape index (κ2) is 8.06. The minimum Gasteiger partial charge on any atom is -0.497 e. The number of fused-ring (bicyclic) bond motifs is 3. The number of nitrogens with zero attached hydrogens (tertiary/aromatic N) is 2. The molecule has 0 spiro atoms. The van der Waals surface area contributed by atoms with Gasteiger partial charge in [0.15, 0.2) is 4.96 Å². The van der Waals surface area contributed by atoms with Gasteiger partial charge in [-0.05, 0) is 48.0 Å². The predicted molar refractivity (Wildman–Crippen MR) is 125 cm³/mol. The highest BCUT2D eigenvalue weighted by Crippen LogP contribution is 2.30. The van der Waals surface area contributed by atoms with Crippen LogP contribution in [0.1, 0.15) is 15.9 Å². The molecule has 0 unspecified atom stereocenters. The van der Waals surface area contributed by atoms with Gasteiger partial charge in [0.1, 0.15) is 5.75 Å². The Morgan fingerprint density at radius 3 is 2.77 bits per heavy atom. The van der Waals surface area contributed by atoms with Crippen molar-refractivity contribution in [1.82, 2.24) is 14.7 Å². The molecule has 1 amide bonds. The maximum Gasteiger partial charge on any atom is 0.251 e. The Hall–Kier alpha value is -3.35. The third kappa shape index (κ3) is 3.87. The monoisotopic (exact) mass is 447 g/mol. The molecule has 5 aromatic rings. The molecule has 1 N–H and O–H groups in total. The number of benzene rings is 3. The molecule has 2 aromatic heterocycles. The summed E-state index contributed by atoms with van der Waals surface area (Å²) in [5.41, 5.74) is 4.54. The van der Waals surface area contributed by atoms with Crippen LogP contribution in [-0.2, 0) is 6.54 Å². The first-order valence-electron chi connectivity index (χ1n) is 9.69. The van der Waals surface area contributed by atoms with Crippen LogP contribution in [-0.4, -0.2) is 22.4 Å². The highest BCUT2D eigenvalue weighted by Gasteiger charge is 2.13. The molecule has 31 heavy (non-hydrogen) atoms. The number of amides is 1. The average molecular weight is 448 g/mol. The van der Waals surface area contributed by atoms with Gasteiger partial charge in [0.05, 0.1) is 23.0 Å². The van der Waals surface area contributed by atoms with Crippen LogP contribution in [0.15, 0.2) is 72.9 Å². The summed E-state index contributed by atoms with van der Waals surface area (Å²) in [5.74, 6) is 0.658. The van der Waals surface area contributed by atoms with Crippen molar-refractivity contribution in [3.8, 4) is 17.0 Å². The molecule has 0 aliphatic rings. The predicted octanol–water partition coefficient (Wildman–Crippen LogP) is 5.81. The summed E-state index contributed by atoms with van der Waals surface area (Å²) in [4.78, 5) is 18.3. The fourth-order valence-corrected chi connectivity index (χ4v) is 4.64. The van der Waals surface area contributed by atoms with Crippen molar-refractivity contribution in [2.45, 2.75) is 6.54 Å². The van der Waals surface area contributed by atoms with Crippen molar-refractivity contribution >= 4 is 44.0 Å². The smallest absolute Gasteiger partial charge is 0.251 e. The molecule has 5 nitrogen and oxygen atoms in total. The van der Waals surface area contributed by atoms with Gasteiger partial charge in [0.2, 0.25) is 0 Å². The summed E-state index contributed by atoms with van der Waals surface area (Å²) >= 11 is 7.54. The molecule has 2 heterocycles. The number of hydrogen-bond donors (Lipinski definition) is 1. The van der Waals surface area contributed by atoms with E-state index in [1.807, 2.05) is 72.9 Å². The first kappa shape index (κ1) is 19.6. The first-order valence-corrected chi connectivity index (χ1v) is 10.9. The van der Waals surface area contributed by atoms with Gasteiger partial charge in [0, 0.05) is 28.9 Å². The lowest BCUT2D eigenvalue weighted by atomic mass is 10.1. The molecule has 0 aliphatic heterocycles. The number of methoxy groups -OCH3 is 1. The van der Waals surface area contributed by atoms with E-state index in [1.165, 1.54) is 0 Å². The zero-order valence-corrected chi connectivity index (χ0v) is 18.2. The Bertz CT molecular complexity index is 1410. The van der Waals surface area contributed by atoms with Gasteiger partial charge in [-0.1, -0.05) is 47.2 Å². The number of halogens is 1. The van der Waals surface area contributed by atoms with Crippen LogP contribution in [0.4, 0.5) is 0 Å². The number of nitrogens with one attached hydrogen (secondary N) is 1. The van der Waals surface area contributed by atoms with Crippen molar-refractivity contribution in [1.29, 1.82) is 0 Å². The van der Waals surface area contributed by atoms with Crippen LogP contribution >= 0.6 is 22.9 Å². The van der Waals surface area contributed by atoms with Crippen molar-refractivity contribution in [3.63, 3.8) is 0 Å². The molecule has 0 aliphatic carbocycles. The lowest BCUT2D eigenvalue weighted by molar-refractivity contribution is 0.0951. The molecule has 0 fully saturated rings. The van der Waals surface area contributed by atoms with Gasteiger partial charge < -0.3 is 10.1 Å². The molecule has 7 heteroatoms. The molecule has 0 saturated heterocycles. The van der Waals surface area contributed by atoms with Crippen LogP contribution in [0.3, 0.4) is 0 Å². The van der Waals surface area contributed by atoms with Gasteiger partial charge in [-0.15, -0.1) is 0 Å². The minimum absolute atomic E-state index is 0.113. The summed E-state index contributed by atoms with van der Waals surface area (Å²) in [6, 6.07) is 21.0. The van der Waals surface area contributed by atoms with E-state index in [9.17, 15) is 4.79 Å². The average Bonchev–Trinajstić information content (AvgIpc) is 3.35. The van der Waals surface area contributed by atoms with Gasteiger partial charge in [-0.2, -0.15) is 0 Å². The molecular formula is C24H18ClN3O2S. The fourth-order valence-electron chi connectivity index (χ4n) is 3.47. The molecule has 0 radical (unpaired) electrons. The zero-order valence-electron chi connectivity index (χ0n) is 16.6. The van der Waals surface area contributed by atoms with Crippen LogP contribution in [0.2, 0.25) is 5.02 Å². The van der Waals surface area contributed by atoms with Crippen LogP contribution in [0.25, 0.3) is 26.4 Å². The van der Waals surface area contributed by atoms with E-state index in [0.29, 0.717) is 17.1 Å². The third-order valence-corrected chi connectivity index (χ3v) is 6.35. The summed E-state index contributed by atoms with van der Waals surface area (Å²) < 4.78 is 8.30. The second-order valence-electron chi connectivity index (χ2n) is 7.10. The van der Waals surface area contributed by atoms with E-state index in [2.05, 4.69) is 9.72 Å². The van der Waals surface area contributed by atoms with Crippen LogP contribution in [0.5, 0.6) is 5.75 Å². The molecular weight excluding hydrogens is 430 g/mol. The van der Waals surface area contributed by atoms with E-state index in [4.69, 9.17) is 21.3 Å². The number of imidazole rings is 1. The zero-order chi connectivity index (χ0) is 21.4. The van der Waals surface area contributed by atoms with Crippen molar-refractivity contribution in [2.24, 2.45) is 0 Å². The topological polar surface area (TPSA) is 55.6 Å². The number of ether oxygens (including phenoxy) is 1. The normalized spacial score (nSPS) is 11.2. The van der Waals surface area contributed by atoms with Crippen LogP contribution < -0.4 is 10.1 Å². The van der Waals surface area contributed by atoms with Gasteiger partial charge in [-0.3, -0.25) is 9.20 Å². The third-order valence-electron chi connectivity index (χ3n) is 5.08. The Balaban J connectivity index is 1.38. The Labute approximate surface area is 187 Å². The van der Waals surface area contributed by atoms with Crippen molar-refractivity contribution < 1.29 is 9.53 Å². The lowest BCUT2D eigenvalue weighted by Gasteiger charge is -2.07. The molecule has 3 aromatic carbocycles. The number of hydrogen-bond acceptors (Lipinski definition) is 4. The van der Waals surface area contributed by atoms with E-state index in [1.54, 1.807) is 18.4 Å². The Kier molecular flexibility index (Phi) is 5.10. The summed E-state index contributed by atoms with van der Waals surface area (Å²) in [5, 5.41) is 3.67. The molecule has 154 valence electrons. The Morgan fingerprint density at radius 1 is 1.13 bits per heavy atom. The van der Waals surface area contributed by atoms with Crippen LogP contribution in [0, 0.1) is 0 Å². The van der Waals surface area contributed by atoms with Gasteiger partial charge in [0.25, 0.3) is 5.91 Å². The number of aromatic nitrogens is 2. The Morgan fingerprint density at radius 2 is 1.97 bits per heavy atom. The van der Waals surface area contributed by atoms with Crippen molar-refractivity contribution in [3.05, 3.63) is 89.1 Å². The number of rotatable bonds is 5. The molecule has 0 bridgehead atoms. The molecule has 0 saturated carbocycles. The van der Waals surface area contributed by atoms with E-state index < -0.39 is 0 Å². The maximum atomic E-state index is 12.7. The summed E-state index contributed by atoms with van der Waals surface area (Å²) in [6.07, 6.45) is 2.01. The molecule has 0 atom stereocenters. The molecule has 5 rings (SSSR count). The highest BCUT2D eigenvalue weighted by atomic mass is 35.5. The number of carbonyl (C=O) groups excluding carboxylic acids is 1. The largest absolute Gasteiger partial charge is 0.497 e. The van der Waals surface area contributed by atoms with E-state index in [-0.39, 0.29) is 5.91 Å². The standard InChI is InChI=1S/C24H18ClN3O2S/c1-30-19-4-2-3-15(11-19)13-26-23(29)17-7-10-21-22(12-17)31-24-27-20(14-28(21)24)16-5-8-18(25)9-6-16/h2-12,14H,13H2,1H3,(H,26,29). The number of carbonyl (C=O) groups is 1. The van der Waals surface area contributed by atoms with Gasteiger partial charge >= 0.3 is 0 Å². The first-order chi connectivity index (χ1) is 15.1. The van der Waals surface area contributed by atoms with E-state index in [0.717, 1.165) is 37.7 Å². The summed E-state index contributed by atoms with van der Waals surface area (Å²) in [6.45, 7) is 0.437. The second-order valence-corrected chi connectivity index (χ2v) is 8.55. The summed E-state index contributed by atoms with van der Waals surface area (Å²) in [7, 11) is 1.63. The fraction of sp³-hybridized carbons (Fsp3) is 0.0833. The maximum absolute atomic E-state index is 12.7. The number of thiazole rings is 1. The van der Waals surface area contributed by atoms with Gasteiger partial charge in [-0.25, -0.2) is 4.98 Å². The quantitative estimate of drug-likeness (QED) is 0.370. The SMILES string of the molecule is COc1cccc(CNC(=O)c2ccc3c(c2)sc2nc(-c4ccc(Cl)cc4)cn23)c1. The lowest BCUT2D eigenvalue weighted by Crippen LogP contribution is -2.22. The minimum atomic E-state index is -0.113. The van der Waals surface area contributed by atoms with Crippen molar-refractivity contribution in [2.75, 3.05) is 7.11 Å². The van der Waals surface area contributed by atoms with E-state index >= 15 is 0 Å².